The molecule has 0 saturated heterocycles. The number of carbonyl (C=O) groups excluding carboxylic acids is 2. The molecular formula is C20H24FN3O5S. The van der Waals surface area contributed by atoms with Crippen molar-refractivity contribution in [3.8, 4) is 0 Å². The number of anilines is 2. The van der Waals surface area contributed by atoms with Gasteiger partial charge in [0, 0.05) is 0 Å². The van der Waals surface area contributed by atoms with E-state index in [9.17, 15) is 22.4 Å². The normalized spacial score (nSPS) is 12.6. The Labute approximate surface area is 174 Å². The second-order valence-corrected chi connectivity index (χ2v) is 9.14. The summed E-state index contributed by atoms with van der Waals surface area (Å²) in [6.07, 6.45) is -0.754. The van der Waals surface area contributed by atoms with Gasteiger partial charge in [0.15, 0.2) is 0 Å². The van der Waals surface area contributed by atoms with E-state index < -0.39 is 39.5 Å². The molecular weight excluding hydrogens is 413 g/mol. The molecule has 2 aromatic rings. The minimum absolute atomic E-state index is 0.111. The highest BCUT2D eigenvalue weighted by Gasteiger charge is 2.22. The van der Waals surface area contributed by atoms with Gasteiger partial charge in [-0.3, -0.25) is 9.52 Å². The van der Waals surface area contributed by atoms with Gasteiger partial charge in [-0.2, -0.15) is 0 Å². The van der Waals surface area contributed by atoms with E-state index in [2.05, 4.69) is 15.4 Å². The average molecular weight is 437 g/mol. The summed E-state index contributed by atoms with van der Waals surface area (Å²) in [5.74, 6) is -1.14. The number of ether oxygens (including phenoxy) is 1. The minimum Gasteiger partial charge on any atom is -0.444 e. The van der Waals surface area contributed by atoms with Gasteiger partial charge in [0.1, 0.15) is 17.5 Å². The SMILES string of the molecule is CC(NC(=O)OC(C)(C)C)C(=O)Nc1ccccc1NS(=O)(=O)c1ccc(F)cc1. The molecule has 0 aliphatic heterocycles. The Kier molecular flexibility index (Phi) is 7.04. The van der Waals surface area contributed by atoms with Gasteiger partial charge in [0.2, 0.25) is 5.91 Å². The Balaban J connectivity index is 2.12. The molecule has 1 atom stereocenters. The van der Waals surface area contributed by atoms with Crippen LogP contribution in [0, 0.1) is 5.82 Å². The molecule has 0 aromatic heterocycles. The fourth-order valence-electron chi connectivity index (χ4n) is 2.29. The number of nitrogens with one attached hydrogen (secondary N) is 3. The first-order valence-corrected chi connectivity index (χ1v) is 10.5. The summed E-state index contributed by atoms with van der Waals surface area (Å²) in [6.45, 7) is 6.55. The van der Waals surface area contributed by atoms with Crippen LogP contribution in [0.5, 0.6) is 0 Å². The number of hydrogen-bond donors (Lipinski definition) is 3. The van der Waals surface area contributed by atoms with Crippen LogP contribution in [0.4, 0.5) is 20.6 Å². The quantitative estimate of drug-likeness (QED) is 0.640. The maximum atomic E-state index is 13.1. The van der Waals surface area contributed by atoms with Crippen molar-refractivity contribution in [3.63, 3.8) is 0 Å². The van der Waals surface area contributed by atoms with E-state index in [0.717, 1.165) is 24.3 Å². The first-order chi connectivity index (χ1) is 13.9. The highest BCUT2D eigenvalue weighted by atomic mass is 32.2. The number of para-hydroxylation sites is 2. The van der Waals surface area contributed by atoms with E-state index in [4.69, 9.17) is 4.74 Å². The molecule has 0 aliphatic rings. The molecule has 0 bridgehead atoms. The van der Waals surface area contributed by atoms with Crippen LogP contribution in [0.2, 0.25) is 0 Å². The molecule has 30 heavy (non-hydrogen) atoms. The fourth-order valence-corrected chi connectivity index (χ4v) is 3.37. The van der Waals surface area contributed by atoms with Crippen LogP contribution in [0.3, 0.4) is 0 Å². The second-order valence-electron chi connectivity index (χ2n) is 7.46. The lowest BCUT2D eigenvalue weighted by Gasteiger charge is -2.22. The molecule has 0 heterocycles. The smallest absolute Gasteiger partial charge is 0.408 e. The zero-order valence-electron chi connectivity index (χ0n) is 17.0. The number of rotatable bonds is 6. The summed E-state index contributed by atoms with van der Waals surface area (Å²) >= 11 is 0. The largest absolute Gasteiger partial charge is 0.444 e. The Hall–Kier alpha value is -3.14. The molecule has 162 valence electrons. The third kappa shape index (κ3) is 6.73. The minimum atomic E-state index is -4.01. The molecule has 1 unspecified atom stereocenters. The van der Waals surface area contributed by atoms with Gasteiger partial charge in [-0.1, -0.05) is 12.1 Å². The van der Waals surface area contributed by atoms with Crippen molar-refractivity contribution in [1.82, 2.24) is 5.32 Å². The van der Waals surface area contributed by atoms with Crippen molar-refractivity contribution in [2.24, 2.45) is 0 Å². The lowest BCUT2D eigenvalue weighted by molar-refractivity contribution is -0.117. The van der Waals surface area contributed by atoms with E-state index in [-0.39, 0.29) is 16.3 Å². The molecule has 10 heteroatoms. The Morgan fingerprint density at radius 1 is 1.00 bits per heavy atom. The second kappa shape index (κ2) is 9.12. The van der Waals surface area contributed by atoms with Crippen molar-refractivity contribution in [3.05, 3.63) is 54.3 Å². The van der Waals surface area contributed by atoms with Gasteiger partial charge >= 0.3 is 6.09 Å². The summed E-state index contributed by atoms with van der Waals surface area (Å²) in [7, 11) is -4.01. The molecule has 0 spiro atoms. The fraction of sp³-hybridized carbons (Fsp3) is 0.300. The van der Waals surface area contributed by atoms with E-state index in [1.807, 2.05) is 0 Å². The van der Waals surface area contributed by atoms with Crippen LogP contribution in [-0.4, -0.2) is 32.1 Å². The summed E-state index contributed by atoms with van der Waals surface area (Å²) < 4.78 is 45.6. The van der Waals surface area contributed by atoms with Crippen LogP contribution in [0.25, 0.3) is 0 Å². The van der Waals surface area contributed by atoms with Crippen molar-refractivity contribution < 1.29 is 27.1 Å². The molecule has 8 nitrogen and oxygen atoms in total. The third-order valence-corrected chi connectivity index (χ3v) is 5.06. The predicted molar refractivity (Wildman–Crippen MR) is 111 cm³/mol. The molecule has 0 fully saturated rings. The number of benzene rings is 2. The highest BCUT2D eigenvalue weighted by Crippen LogP contribution is 2.24. The number of halogens is 1. The zero-order valence-corrected chi connectivity index (χ0v) is 17.8. The van der Waals surface area contributed by atoms with Gasteiger partial charge in [0.25, 0.3) is 10.0 Å². The van der Waals surface area contributed by atoms with Gasteiger partial charge in [-0.25, -0.2) is 17.6 Å². The van der Waals surface area contributed by atoms with Crippen LogP contribution in [0.1, 0.15) is 27.7 Å². The number of sulfonamides is 1. The molecule has 2 rings (SSSR count). The first kappa shape index (κ1) is 23.1. The van der Waals surface area contributed by atoms with Crippen LogP contribution in [0.15, 0.2) is 53.4 Å². The van der Waals surface area contributed by atoms with Gasteiger partial charge in [-0.15, -0.1) is 0 Å². The van der Waals surface area contributed by atoms with Crippen molar-refractivity contribution in [1.29, 1.82) is 0 Å². The number of amides is 2. The zero-order chi connectivity index (χ0) is 22.5. The molecule has 2 aromatic carbocycles. The molecule has 3 N–H and O–H groups in total. The van der Waals surface area contributed by atoms with Gasteiger partial charge in [0.05, 0.1) is 16.3 Å². The monoisotopic (exact) mass is 437 g/mol. The van der Waals surface area contributed by atoms with E-state index in [0.29, 0.717) is 0 Å². The molecule has 2 amide bonds. The Morgan fingerprint density at radius 3 is 2.13 bits per heavy atom. The summed E-state index contributed by atoms with van der Waals surface area (Å²) in [5, 5.41) is 4.97. The van der Waals surface area contributed by atoms with Crippen LogP contribution < -0.4 is 15.4 Å². The van der Waals surface area contributed by atoms with E-state index in [1.54, 1.807) is 32.9 Å². The topological polar surface area (TPSA) is 114 Å². The highest BCUT2D eigenvalue weighted by molar-refractivity contribution is 7.92. The lowest BCUT2D eigenvalue weighted by atomic mass is 10.2. The summed E-state index contributed by atoms with van der Waals surface area (Å²) in [4.78, 5) is 24.1. The van der Waals surface area contributed by atoms with Crippen molar-refractivity contribution >= 4 is 33.4 Å². The number of hydrogen-bond acceptors (Lipinski definition) is 5. The van der Waals surface area contributed by atoms with E-state index in [1.165, 1.54) is 19.1 Å². The lowest BCUT2D eigenvalue weighted by Crippen LogP contribution is -2.44. The molecule has 0 aliphatic carbocycles. The molecule has 0 radical (unpaired) electrons. The Morgan fingerprint density at radius 2 is 1.57 bits per heavy atom. The van der Waals surface area contributed by atoms with Gasteiger partial charge in [-0.05, 0) is 64.1 Å². The maximum Gasteiger partial charge on any atom is 0.408 e. The molecule has 0 saturated carbocycles. The van der Waals surface area contributed by atoms with Crippen molar-refractivity contribution in [2.45, 2.75) is 44.2 Å². The summed E-state index contributed by atoms with van der Waals surface area (Å²) in [6, 6.07) is 9.54. The maximum absolute atomic E-state index is 13.1. The van der Waals surface area contributed by atoms with Crippen LogP contribution in [-0.2, 0) is 19.6 Å². The van der Waals surface area contributed by atoms with Crippen molar-refractivity contribution in [2.75, 3.05) is 10.0 Å². The third-order valence-electron chi connectivity index (χ3n) is 3.68. The Bertz CT molecular complexity index is 1020. The van der Waals surface area contributed by atoms with Crippen LogP contribution >= 0.6 is 0 Å². The van der Waals surface area contributed by atoms with E-state index >= 15 is 0 Å². The summed E-state index contributed by atoms with van der Waals surface area (Å²) in [5.41, 5.74) is -0.420. The first-order valence-electron chi connectivity index (χ1n) is 9.05. The standard InChI is InChI=1S/C20H24FN3O5S/c1-13(22-19(26)29-20(2,3)4)18(25)23-16-7-5-6-8-17(16)24-30(27,28)15-11-9-14(21)10-12-15/h5-13,24H,1-4H3,(H,22,26)(H,23,25). The predicted octanol–water partition coefficient (Wildman–Crippen LogP) is 3.48. The van der Waals surface area contributed by atoms with Gasteiger partial charge < -0.3 is 15.4 Å². The number of alkyl carbamates (subject to hydrolysis) is 1. The number of carbonyl (C=O) groups is 2. The average Bonchev–Trinajstić information content (AvgIpc) is 2.61.